The Morgan fingerprint density at radius 1 is 0.926 bits per heavy atom. The van der Waals surface area contributed by atoms with E-state index in [0.717, 1.165) is 6.42 Å². The van der Waals surface area contributed by atoms with Crippen molar-refractivity contribution in [3.63, 3.8) is 0 Å². The van der Waals surface area contributed by atoms with Gasteiger partial charge in [-0.05, 0) is 42.5 Å². The molecule has 1 aromatic rings. The van der Waals surface area contributed by atoms with Crippen LogP contribution in [0.4, 0.5) is 0 Å². The fourth-order valence-electron chi connectivity index (χ4n) is 2.55. The van der Waals surface area contributed by atoms with E-state index >= 15 is 0 Å². The quantitative estimate of drug-likeness (QED) is 0.392. The van der Waals surface area contributed by atoms with Gasteiger partial charge in [-0.1, -0.05) is 110 Å². The van der Waals surface area contributed by atoms with Crippen LogP contribution >= 0.6 is 0 Å². The number of allylic oxidation sites excluding steroid dienone is 3. The van der Waals surface area contributed by atoms with Crippen molar-refractivity contribution >= 4 is 6.08 Å². The molecule has 0 fully saturated rings. The van der Waals surface area contributed by atoms with Gasteiger partial charge in [0.05, 0.1) is 6.61 Å². The van der Waals surface area contributed by atoms with Crippen molar-refractivity contribution in [3.8, 4) is 0 Å². The molecule has 0 saturated carbocycles. The van der Waals surface area contributed by atoms with Crippen LogP contribution in [0.1, 0.15) is 103 Å². The van der Waals surface area contributed by atoms with Gasteiger partial charge < -0.3 is 4.74 Å². The predicted molar refractivity (Wildman–Crippen MR) is 125 cm³/mol. The van der Waals surface area contributed by atoms with Gasteiger partial charge in [-0.2, -0.15) is 0 Å². The van der Waals surface area contributed by atoms with Gasteiger partial charge in [0.2, 0.25) is 0 Å². The van der Waals surface area contributed by atoms with Crippen LogP contribution in [0, 0.1) is 6.92 Å². The van der Waals surface area contributed by atoms with E-state index in [1.807, 2.05) is 0 Å². The largest absolute Gasteiger partial charge is 0.380 e. The average Bonchev–Trinajstić information content (AvgIpc) is 2.66. The molecule has 0 aliphatic rings. The monoisotopic (exact) mass is 374 g/mol. The fraction of sp³-hybridized carbons (Fsp3) is 0.615. The van der Waals surface area contributed by atoms with Gasteiger partial charge in [-0.15, -0.1) is 0 Å². The highest BCUT2D eigenvalue weighted by molar-refractivity contribution is 5.59. The van der Waals surface area contributed by atoms with Crippen LogP contribution in [0.5, 0.6) is 0 Å². The number of unbranched alkanes of at least 4 members (excludes halogenated alkanes) is 4. The van der Waals surface area contributed by atoms with E-state index in [1.54, 1.807) is 7.11 Å². The average molecular weight is 375 g/mol. The molecule has 0 radical (unpaired) electrons. The molecule has 0 saturated heterocycles. The van der Waals surface area contributed by atoms with Crippen LogP contribution in [0.3, 0.4) is 0 Å². The highest BCUT2D eigenvalue weighted by atomic mass is 16.5. The molecule has 27 heavy (non-hydrogen) atoms. The fourth-order valence-corrected chi connectivity index (χ4v) is 2.55. The number of hydrogen-bond donors (Lipinski definition) is 0. The molecule has 0 unspecified atom stereocenters. The summed E-state index contributed by atoms with van der Waals surface area (Å²) in [5, 5.41) is 0. The van der Waals surface area contributed by atoms with Crippen molar-refractivity contribution in [1.82, 2.24) is 0 Å². The van der Waals surface area contributed by atoms with E-state index in [4.69, 9.17) is 4.74 Å². The molecule has 1 rings (SSSR count). The summed E-state index contributed by atoms with van der Waals surface area (Å²) < 4.78 is 5.14. The summed E-state index contributed by atoms with van der Waals surface area (Å²) in [6, 6.07) is 6.49. The minimum absolute atomic E-state index is 0.681. The predicted octanol–water partition coefficient (Wildman–Crippen LogP) is 8.90. The lowest BCUT2D eigenvalue weighted by atomic mass is 10.0. The Kier molecular flexibility index (Phi) is 21.6. The Balaban J connectivity index is 0. The maximum Gasteiger partial charge on any atom is 0.0713 e. The Morgan fingerprint density at radius 3 is 1.81 bits per heavy atom. The minimum atomic E-state index is 0.681. The van der Waals surface area contributed by atoms with Crippen molar-refractivity contribution in [3.05, 3.63) is 52.6 Å². The number of ether oxygens (including phenoxy) is 1. The Labute approximate surface area is 170 Å². The summed E-state index contributed by atoms with van der Waals surface area (Å²) in [6.45, 7) is 15.9. The van der Waals surface area contributed by atoms with E-state index in [2.05, 4.69) is 84.9 Å². The van der Waals surface area contributed by atoms with Crippen LogP contribution < -0.4 is 0 Å². The first-order valence-electron chi connectivity index (χ1n) is 11.0. The summed E-state index contributed by atoms with van der Waals surface area (Å²) in [6.07, 6.45) is 15.7. The first-order chi connectivity index (χ1) is 13.0. The zero-order valence-corrected chi connectivity index (χ0v) is 19.5. The summed E-state index contributed by atoms with van der Waals surface area (Å²) >= 11 is 0. The minimum Gasteiger partial charge on any atom is -0.380 e. The molecule has 1 aromatic carbocycles. The smallest absolute Gasteiger partial charge is 0.0713 e. The van der Waals surface area contributed by atoms with Crippen LogP contribution in [0.25, 0.3) is 6.08 Å². The molecule has 0 bridgehead atoms. The van der Waals surface area contributed by atoms with E-state index in [9.17, 15) is 0 Å². The van der Waals surface area contributed by atoms with Crippen molar-refractivity contribution in [1.29, 1.82) is 0 Å². The van der Waals surface area contributed by atoms with Crippen LogP contribution in [0.2, 0.25) is 0 Å². The van der Waals surface area contributed by atoms with Crippen molar-refractivity contribution in [2.24, 2.45) is 0 Å². The molecule has 0 aliphatic carbocycles. The molecule has 0 heterocycles. The second-order valence-electron chi connectivity index (χ2n) is 6.90. The second-order valence-corrected chi connectivity index (χ2v) is 6.90. The first-order valence-corrected chi connectivity index (χ1v) is 11.0. The van der Waals surface area contributed by atoms with Crippen LogP contribution in [-0.4, -0.2) is 7.11 Å². The number of methoxy groups -OCH3 is 1. The lowest BCUT2D eigenvalue weighted by Crippen LogP contribution is -1.90. The molecule has 0 N–H and O–H groups in total. The third-order valence-corrected chi connectivity index (χ3v) is 4.19. The van der Waals surface area contributed by atoms with Crippen LogP contribution in [-0.2, 0) is 11.3 Å². The molecule has 0 atom stereocenters. The molecule has 1 heteroatoms. The van der Waals surface area contributed by atoms with Gasteiger partial charge in [-0.25, -0.2) is 0 Å². The zero-order chi connectivity index (χ0) is 20.9. The highest BCUT2D eigenvalue weighted by Crippen LogP contribution is 2.17. The van der Waals surface area contributed by atoms with E-state index in [0.29, 0.717) is 6.61 Å². The lowest BCUT2D eigenvalue weighted by Gasteiger charge is -2.06. The normalized spacial score (nSPS) is 10.9. The van der Waals surface area contributed by atoms with Gasteiger partial charge in [0.15, 0.2) is 0 Å². The Hall–Kier alpha value is -1.34. The molecular weight excluding hydrogens is 328 g/mol. The first kappa shape index (κ1) is 27.9. The topological polar surface area (TPSA) is 9.23 Å². The standard InChI is InChI=1S/C16H22O.2C5H12/c1-5-7-14(6-2)11-16-9-8-15(12-17-4)10-13(16)3;2*1-3-5-4-2/h5,7-11H,6,12H2,1-4H3;2*3-5H2,1-2H3/b7-5-,14-11-;;. The molecule has 1 nitrogen and oxygen atoms in total. The van der Waals surface area contributed by atoms with E-state index in [1.165, 1.54) is 60.8 Å². The maximum atomic E-state index is 5.14. The number of aryl methyl sites for hydroxylation is 1. The molecule has 156 valence electrons. The number of rotatable bonds is 9. The third kappa shape index (κ3) is 16.6. The zero-order valence-electron chi connectivity index (χ0n) is 19.5. The maximum absolute atomic E-state index is 5.14. The van der Waals surface area contributed by atoms with Crippen molar-refractivity contribution < 1.29 is 4.74 Å². The third-order valence-electron chi connectivity index (χ3n) is 4.19. The Morgan fingerprint density at radius 2 is 1.48 bits per heavy atom. The molecule has 0 amide bonds. The molecular formula is C26H46O. The lowest BCUT2D eigenvalue weighted by molar-refractivity contribution is 0.185. The summed E-state index contributed by atoms with van der Waals surface area (Å²) in [4.78, 5) is 0. The van der Waals surface area contributed by atoms with E-state index in [-0.39, 0.29) is 0 Å². The highest BCUT2D eigenvalue weighted by Gasteiger charge is 1.99. The van der Waals surface area contributed by atoms with Crippen molar-refractivity contribution in [2.45, 2.75) is 100 Å². The van der Waals surface area contributed by atoms with Gasteiger partial charge >= 0.3 is 0 Å². The second kappa shape index (κ2) is 21.0. The van der Waals surface area contributed by atoms with Gasteiger partial charge in [-0.3, -0.25) is 0 Å². The van der Waals surface area contributed by atoms with Gasteiger partial charge in [0, 0.05) is 7.11 Å². The van der Waals surface area contributed by atoms with E-state index < -0.39 is 0 Å². The van der Waals surface area contributed by atoms with Gasteiger partial charge in [0.25, 0.3) is 0 Å². The van der Waals surface area contributed by atoms with Crippen molar-refractivity contribution in [2.75, 3.05) is 7.11 Å². The summed E-state index contributed by atoms with van der Waals surface area (Å²) in [7, 11) is 1.73. The number of benzene rings is 1. The van der Waals surface area contributed by atoms with Gasteiger partial charge in [0.1, 0.15) is 0 Å². The molecule has 0 aliphatic heterocycles. The Bertz CT molecular complexity index is 487. The van der Waals surface area contributed by atoms with Crippen LogP contribution in [0.15, 0.2) is 35.9 Å². The molecule has 0 spiro atoms. The number of hydrogen-bond acceptors (Lipinski definition) is 1. The summed E-state index contributed by atoms with van der Waals surface area (Å²) in [5.74, 6) is 0. The molecule has 0 aromatic heterocycles. The SMILES string of the molecule is C/C=C\C(=C/c1ccc(COC)cc1C)CC.CCCCC.CCCCC. The summed E-state index contributed by atoms with van der Waals surface area (Å²) in [5.41, 5.74) is 5.18.